The molecule has 9 heteroatoms. The molecule has 0 fully saturated rings. The van der Waals surface area contributed by atoms with Crippen molar-refractivity contribution in [2.24, 2.45) is 0 Å². The van der Waals surface area contributed by atoms with Crippen LogP contribution in [0, 0.1) is 17.5 Å². The monoisotopic (exact) mass is 363 g/mol. The van der Waals surface area contributed by atoms with Gasteiger partial charge >= 0.3 is 0 Å². The Labute approximate surface area is 145 Å². The Morgan fingerprint density at radius 3 is 2.65 bits per heavy atom. The normalized spacial score (nSPS) is 10.6. The molecule has 0 radical (unpaired) electrons. The Balaban J connectivity index is 1.72. The Morgan fingerprint density at radius 1 is 1.12 bits per heavy atom. The van der Waals surface area contributed by atoms with Gasteiger partial charge in [0.2, 0.25) is 5.89 Å². The third-order valence-corrected chi connectivity index (χ3v) is 3.48. The molecule has 2 aromatic carbocycles. The summed E-state index contributed by atoms with van der Waals surface area (Å²) in [5.74, 6) is -4.86. The highest BCUT2D eigenvalue weighted by Gasteiger charge is 2.19. The van der Waals surface area contributed by atoms with Gasteiger partial charge in [-0.1, -0.05) is 12.1 Å². The van der Waals surface area contributed by atoms with Crippen LogP contribution in [0.15, 0.2) is 40.8 Å². The van der Waals surface area contributed by atoms with E-state index in [4.69, 9.17) is 9.15 Å². The summed E-state index contributed by atoms with van der Waals surface area (Å²) in [5, 5.41) is 9.93. The van der Waals surface area contributed by atoms with Gasteiger partial charge in [-0.2, -0.15) is 0 Å². The van der Waals surface area contributed by atoms with Crippen LogP contribution in [0.3, 0.4) is 0 Å². The predicted octanol–water partition coefficient (Wildman–Crippen LogP) is 3.09. The summed E-state index contributed by atoms with van der Waals surface area (Å²) >= 11 is 0. The third kappa shape index (κ3) is 3.37. The molecular formula is C17H12F3N3O3. The first-order chi connectivity index (χ1) is 12.5. The lowest BCUT2D eigenvalue weighted by molar-refractivity contribution is 0.0942. The Morgan fingerprint density at radius 2 is 1.88 bits per heavy atom. The molecule has 134 valence electrons. The molecule has 0 atom stereocenters. The first-order valence-corrected chi connectivity index (χ1v) is 7.38. The zero-order valence-corrected chi connectivity index (χ0v) is 13.4. The molecular weight excluding hydrogens is 351 g/mol. The summed E-state index contributed by atoms with van der Waals surface area (Å²) in [6, 6.07) is 8.47. The molecule has 0 saturated heterocycles. The summed E-state index contributed by atoms with van der Waals surface area (Å²) < 4.78 is 50.3. The molecule has 0 aliphatic rings. The number of carbonyl (C=O) groups excluding carboxylic acids is 1. The van der Waals surface area contributed by atoms with Gasteiger partial charge in [0, 0.05) is 0 Å². The van der Waals surface area contributed by atoms with Crippen LogP contribution in [-0.4, -0.2) is 23.2 Å². The van der Waals surface area contributed by atoms with Crippen LogP contribution < -0.4 is 10.1 Å². The van der Waals surface area contributed by atoms with Crippen LogP contribution in [0.25, 0.3) is 11.5 Å². The SMILES string of the molecule is COc1ccccc1-c1nnc(CNC(=O)c2ccc(F)c(F)c2F)o1. The van der Waals surface area contributed by atoms with Gasteiger partial charge in [-0.05, 0) is 24.3 Å². The van der Waals surface area contributed by atoms with Crippen molar-refractivity contribution in [1.29, 1.82) is 0 Å². The molecule has 1 amide bonds. The highest BCUT2D eigenvalue weighted by molar-refractivity contribution is 5.94. The number of hydrogen-bond acceptors (Lipinski definition) is 5. The quantitative estimate of drug-likeness (QED) is 0.705. The van der Waals surface area contributed by atoms with Gasteiger partial charge in [-0.15, -0.1) is 10.2 Å². The van der Waals surface area contributed by atoms with E-state index in [0.29, 0.717) is 17.4 Å². The van der Waals surface area contributed by atoms with E-state index in [1.807, 2.05) is 0 Å². The lowest BCUT2D eigenvalue weighted by atomic mass is 10.2. The minimum atomic E-state index is -1.71. The smallest absolute Gasteiger partial charge is 0.254 e. The summed E-state index contributed by atoms with van der Waals surface area (Å²) in [5.41, 5.74) is -0.0694. The molecule has 0 aliphatic heterocycles. The number of carbonyl (C=O) groups is 1. The fourth-order valence-electron chi connectivity index (χ4n) is 2.21. The molecule has 0 bridgehead atoms. The number of aromatic nitrogens is 2. The minimum absolute atomic E-state index is 0.0437. The van der Waals surface area contributed by atoms with Crippen LogP contribution in [0.2, 0.25) is 0 Å². The molecule has 3 rings (SSSR count). The van der Waals surface area contributed by atoms with Crippen LogP contribution >= 0.6 is 0 Å². The Kier molecular flexibility index (Phi) is 4.87. The first kappa shape index (κ1) is 17.5. The van der Waals surface area contributed by atoms with E-state index in [-0.39, 0.29) is 18.3 Å². The number of benzene rings is 2. The maximum absolute atomic E-state index is 13.6. The van der Waals surface area contributed by atoms with E-state index in [1.54, 1.807) is 24.3 Å². The number of ether oxygens (including phenoxy) is 1. The standard InChI is InChI=1S/C17H12F3N3O3/c1-25-12-5-3-2-4-9(12)17-23-22-13(26-17)8-21-16(24)10-6-7-11(18)15(20)14(10)19/h2-7H,8H2,1H3,(H,21,24). The molecule has 1 aromatic heterocycles. The van der Waals surface area contributed by atoms with Gasteiger partial charge in [0.1, 0.15) is 5.75 Å². The van der Waals surface area contributed by atoms with Crippen LogP contribution in [0.4, 0.5) is 13.2 Å². The highest BCUT2D eigenvalue weighted by Crippen LogP contribution is 2.28. The van der Waals surface area contributed by atoms with E-state index in [9.17, 15) is 18.0 Å². The number of nitrogens with one attached hydrogen (secondary N) is 1. The second kappa shape index (κ2) is 7.26. The van der Waals surface area contributed by atoms with E-state index < -0.39 is 28.9 Å². The topological polar surface area (TPSA) is 77.3 Å². The maximum atomic E-state index is 13.6. The number of para-hydroxylation sites is 1. The van der Waals surface area contributed by atoms with Crippen LogP contribution in [0.1, 0.15) is 16.2 Å². The van der Waals surface area contributed by atoms with Gasteiger partial charge in [-0.3, -0.25) is 4.79 Å². The van der Waals surface area contributed by atoms with Crippen molar-refractivity contribution in [3.05, 3.63) is 65.3 Å². The number of halogens is 3. The zero-order chi connectivity index (χ0) is 18.7. The molecule has 0 spiro atoms. The fourth-order valence-corrected chi connectivity index (χ4v) is 2.21. The Bertz CT molecular complexity index is 959. The van der Waals surface area contributed by atoms with Gasteiger partial charge in [0.05, 0.1) is 24.8 Å². The number of rotatable bonds is 5. The summed E-state index contributed by atoms with van der Waals surface area (Å²) in [7, 11) is 1.49. The van der Waals surface area contributed by atoms with Crippen molar-refractivity contribution in [2.45, 2.75) is 6.54 Å². The van der Waals surface area contributed by atoms with Crippen molar-refractivity contribution in [3.63, 3.8) is 0 Å². The molecule has 0 unspecified atom stereocenters. The van der Waals surface area contributed by atoms with Crippen molar-refractivity contribution < 1.29 is 27.1 Å². The molecule has 6 nitrogen and oxygen atoms in total. The molecule has 1 N–H and O–H groups in total. The third-order valence-electron chi connectivity index (χ3n) is 3.48. The fraction of sp³-hybridized carbons (Fsp3) is 0.118. The summed E-state index contributed by atoms with van der Waals surface area (Å²) in [4.78, 5) is 11.9. The van der Waals surface area contributed by atoms with Gasteiger partial charge in [0.15, 0.2) is 17.5 Å². The molecule has 3 aromatic rings. The molecule has 0 aliphatic carbocycles. The number of methoxy groups -OCH3 is 1. The number of nitrogens with zero attached hydrogens (tertiary/aromatic N) is 2. The minimum Gasteiger partial charge on any atom is -0.496 e. The van der Waals surface area contributed by atoms with Crippen molar-refractivity contribution in [1.82, 2.24) is 15.5 Å². The van der Waals surface area contributed by atoms with E-state index in [2.05, 4.69) is 15.5 Å². The maximum Gasteiger partial charge on any atom is 0.254 e. The van der Waals surface area contributed by atoms with Gasteiger partial charge < -0.3 is 14.5 Å². The van der Waals surface area contributed by atoms with E-state index in [0.717, 1.165) is 6.07 Å². The molecule has 0 saturated carbocycles. The Hall–Kier alpha value is -3.36. The van der Waals surface area contributed by atoms with Crippen molar-refractivity contribution in [2.75, 3.05) is 7.11 Å². The lowest BCUT2D eigenvalue weighted by Crippen LogP contribution is -2.24. The predicted molar refractivity (Wildman–Crippen MR) is 83.8 cm³/mol. The second-order valence-electron chi connectivity index (χ2n) is 5.11. The van der Waals surface area contributed by atoms with E-state index in [1.165, 1.54) is 7.11 Å². The number of hydrogen-bond donors (Lipinski definition) is 1. The first-order valence-electron chi connectivity index (χ1n) is 7.38. The van der Waals surface area contributed by atoms with Crippen LogP contribution in [-0.2, 0) is 6.54 Å². The zero-order valence-electron chi connectivity index (χ0n) is 13.4. The average Bonchev–Trinajstić information content (AvgIpc) is 3.13. The average molecular weight is 363 g/mol. The largest absolute Gasteiger partial charge is 0.496 e. The van der Waals surface area contributed by atoms with Gasteiger partial charge in [-0.25, -0.2) is 13.2 Å². The van der Waals surface area contributed by atoms with Gasteiger partial charge in [0.25, 0.3) is 11.8 Å². The number of amides is 1. The van der Waals surface area contributed by atoms with E-state index >= 15 is 0 Å². The molecule has 1 heterocycles. The summed E-state index contributed by atoms with van der Waals surface area (Å²) in [6.07, 6.45) is 0. The van der Waals surface area contributed by atoms with Crippen molar-refractivity contribution >= 4 is 5.91 Å². The summed E-state index contributed by atoms with van der Waals surface area (Å²) in [6.45, 7) is -0.223. The second-order valence-corrected chi connectivity index (χ2v) is 5.11. The lowest BCUT2D eigenvalue weighted by Gasteiger charge is -2.05. The van der Waals surface area contributed by atoms with Crippen molar-refractivity contribution in [3.8, 4) is 17.2 Å². The van der Waals surface area contributed by atoms with Crippen LogP contribution in [0.5, 0.6) is 5.75 Å². The highest BCUT2D eigenvalue weighted by atomic mass is 19.2. The molecule has 26 heavy (non-hydrogen) atoms.